The lowest BCUT2D eigenvalue weighted by molar-refractivity contribution is 0.626. The van der Waals surface area contributed by atoms with Crippen molar-refractivity contribution >= 4 is 11.0 Å². The Morgan fingerprint density at radius 1 is 1.05 bits per heavy atom. The minimum Gasteiger partial charge on any atom is -0.331 e. The van der Waals surface area contributed by atoms with E-state index in [-0.39, 0.29) is 6.04 Å². The van der Waals surface area contributed by atoms with Crippen molar-refractivity contribution in [2.24, 2.45) is 12.8 Å². The quantitative estimate of drug-likeness (QED) is 0.798. The molecule has 2 N–H and O–H groups in total. The zero-order valence-corrected chi connectivity index (χ0v) is 12.6. The highest BCUT2D eigenvalue weighted by atomic mass is 15.1. The summed E-state index contributed by atoms with van der Waals surface area (Å²) in [6.07, 6.45) is 1.67. The van der Waals surface area contributed by atoms with E-state index in [2.05, 4.69) is 48.9 Å². The Morgan fingerprint density at radius 3 is 2.48 bits per heavy atom. The molecule has 3 nitrogen and oxygen atoms in total. The molecule has 0 aliphatic rings. The number of benzene rings is 2. The summed E-state index contributed by atoms with van der Waals surface area (Å²) in [5.74, 6) is 1.05. The van der Waals surface area contributed by atoms with Crippen molar-refractivity contribution in [1.29, 1.82) is 0 Å². The maximum absolute atomic E-state index is 6.31. The number of fused-ring (bicyclic) bond motifs is 1. The van der Waals surface area contributed by atoms with Crippen LogP contribution in [-0.2, 0) is 19.9 Å². The Balaban J connectivity index is 1.75. The molecule has 0 aliphatic carbocycles. The second-order valence-corrected chi connectivity index (χ2v) is 5.73. The zero-order valence-electron chi connectivity index (χ0n) is 12.6. The normalized spacial score (nSPS) is 12.7. The SMILES string of the molecule is Cc1ccc(CC(N)Cc2nc3ccccc3n2C)cc1. The molecule has 1 heterocycles. The van der Waals surface area contributed by atoms with Gasteiger partial charge in [0.15, 0.2) is 0 Å². The van der Waals surface area contributed by atoms with Crippen LogP contribution >= 0.6 is 0 Å². The van der Waals surface area contributed by atoms with Gasteiger partial charge in [0.25, 0.3) is 0 Å². The molecule has 0 amide bonds. The third-order valence-electron chi connectivity index (χ3n) is 3.94. The summed E-state index contributed by atoms with van der Waals surface area (Å²) < 4.78 is 2.14. The second-order valence-electron chi connectivity index (χ2n) is 5.73. The van der Waals surface area contributed by atoms with Gasteiger partial charge < -0.3 is 10.3 Å². The van der Waals surface area contributed by atoms with Crippen molar-refractivity contribution in [1.82, 2.24) is 9.55 Å². The Bertz CT molecular complexity index is 741. The van der Waals surface area contributed by atoms with Crippen molar-refractivity contribution in [3.05, 3.63) is 65.5 Å². The van der Waals surface area contributed by atoms with Crippen LogP contribution in [0.1, 0.15) is 17.0 Å². The highest BCUT2D eigenvalue weighted by Crippen LogP contribution is 2.16. The standard InChI is InChI=1S/C18H21N3/c1-13-7-9-14(10-8-13)11-15(19)12-18-20-16-5-3-4-6-17(16)21(18)2/h3-10,15H,11-12,19H2,1-2H3. The number of hydrogen-bond acceptors (Lipinski definition) is 2. The van der Waals surface area contributed by atoms with Crippen LogP contribution in [0.4, 0.5) is 0 Å². The van der Waals surface area contributed by atoms with Gasteiger partial charge in [-0.2, -0.15) is 0 Å². The van der Waals surface area contributed by atoms with Crippen molar-refractivity contribution in [2.75, 3.05) is 0 Å². The van der Waals surface area contributed by atoms with Crippen molar-refractivity contribution in [2.45, 2.75) is 25.8 Å². The van der Waals surface area contributed by atoms with Crippen molar-refractivity contribution in [3.63, 3.8) is 0 Å². The lowest BCUT2D eigenvalue weighted by atomic mass is 10.0. The Hall–Kier alpha value is -2.13. The molecule has 1 unspecified atom stereocenters. The molecule has 0 saturated heterocycles. The predicted octanol–water partition coefficient (Wildman–Crippen LogP) is 2.99. The zero-order chi connectivity index (χ0) is 14.8. The first-order chi connectivity index (χ1) is 10.1. The Labute approximate surface area is 125 Å². The topological polar surface area (TPSA) is 43.8 Å². The van der Waals surface area contributed by atoms with Crippen LogP contribution in [0.3, 0.4) is 0 Å². The summed E-state index contributed by atoms with van der Waals surface area (Å²) in [5, 5.41) is 0. The molecule has 3 aromatic rings. The Morgan fingerprint density at radius 2 is 1.76 bits per heavy atom. The number of aryl methyl sites for hydroxylation is 2. The smallest absolute Gasteiger partial charge is 0.111 e. The van der Waals surface area contributed by atoms with Crippen LogP contribution in [0.25, 0.3) is 11.0 Å². The van der Waals surface area contributed by atoms with Gasteiger partial charge in [-0.15, -0.1) is 0 Å². The molecule has 1 aromatic heterocycles. The van der Waals surface area contributed by atoms with Crippen LogP contribution < -0.4 is 5.73 Å². The fourth-order valence-corrected chi connectivity index (χ4v) is 2.71. The van der Waals surface area contributed by atoms with E-state index in [1.54, 1.807) is 0 Å². The summed E-state index contributed by atoms with van der Waals surface area (Å²) in [5.41, 5.74) is 11.1. The van der Waals surface area contributed by atoms with E-state index in [1.807, 2.05) is 18.2 Å². The predicted molar refractivity (Wildman–Crippen MR) is 87.3 cm³/mol. The first-order valence-electron chi connectivity index (χ1n) is 7.35. The number of rotatable bonds is 4. The van der Waals surface area contributed by atoms with Gasteiger partial charge in [0.1, 0.15) is 5.82 Å². The molecule has 0 spiro atoms. The van der Waals surface area contributed by atoms with Gasteiger partial charge in [0, 0.05) is 19.5 Å². The van der Waals surface area contributed by atoms with E-state index in [4.69, 9.17) is 10.7 Å². The van der Waals surface area contributed by atoms with Gasteiger partial charge in [0.2, 0.25) is 0 Å². The first kappa shape index (κ1) is 13.8. The monoisotopic (exact) mass is 279 g/mol. The third-order valence-corrected chi connectivity index (χ3v) is 3.94. The maximum atomic E-state index is 6.31. The third kappa shape index (κ3) is 2.98. The number of nitrogens with two attached hydrogens (primary N) is 1. The van der Waals surface area contributed by atoms with E-state index in [0.717, 1.165) is 29.7 Å². The van der Waals surface area contributed by atoms with Gasteiger partial charge in [0.05, 0.1) is 11.0 Å². The second kappa shape index (κ2) is 5.70. The molecule has 0 bridgehead atoms. The summed E-state index contributed by atoms with van der Waals surface area (Å²) in [7, 11) is 2.06. The van der Waals surface area contributed by atoms with Gasteiger partial charge in [-0.3, -0.25) is 0 Å². The van der Waals surface area contributed by atoms with Gasteiger partial charge in [-0.1, -0.05) is 42.0 Å². The van der Waals surface area contributed by atoms with E-state index >= 15 is 0 Å². The first-order valence-corrected chi connectivity index (χ1v) is 7.35. The van der Waals surface area contributed by atoms with Gasteiger partial charge in [-0.05, 0) is 31.0 Å². The molecule has 3 rings (SSSR count). The molecule has 2 aromatic carbocycles. The van der Waals surface area contributed by atoms with Gasteiger partial charge >= 0.3 is 0 Å². The summed E-state index contributed by atoms with van der Waals surface area (Å²) in [6, 6.07) is 16.9. The van der Waals surface area contributed by atoms with Crippen molar-refractivity contribution in [3.8, 4) is 0 Å². The molecule has 0 saturated carbocycles. The summed E-state index contributed by atoms with van der Waals surface area (Å²) in [6.45, 7) is 2.10. The lowest BCUT2D eigenvalue weighted by Gasteiger charge is -2.12. The summed E-state index contributed by atoms with van der Waals surface area (Å²) in [4.78, 5) is 4.69. The average molecular weight is 279 g/mol. The fourth-order valence-electron chi connectivity index (χ4n) is 2.71. The highest BCUT2D eigenvalue weighted by molar-refractivity contribution is 5.75. The van der Waals surface area contributed by atoms with E-state index in [9.17, 15) is 0 Å². The minimum absolute atomic E-state index is 0.0863. The van der Waals surface area contributed by atoms with E-state index < -0.39 is 0 Å². The highest BCUT2D eigenvalue weighted by Gasteiger charge is 2.12. The molecule has 0 fully saturated rings. The molecule has 0 aliphatic heterocycles. The van der Waals surface area contributed by atoms with Crippen LogP contribution in [0.15, 0.2) is 48.5 Å². The largest absolute Gasteiger partial charge is 0.331 e. The van der Waals surface area contributed by atoms with Crippen LogP contribution in [-0.4, -0.2) is 15.6 Å². The van der Waals surface area contributed by atoms with E-state index in [1.165, 1.54) is 11.1 Å². The van der Waals surface area contributed by atoms with Gasteiger partial charge in [-0.25, -0.2) is 4.98 Å². The Kier molecular flexibility index (Phi) is 3.76. The fraction of sp³-hybridized carbons (Fsp3) is 0.278. The van der Waals surface area contributed by atoms with Crippen LogP contribution in [0, 0.1) is 6.92 Å². The number of para-hydroxylation sites is 2. The molecular formula is C18H21N3. The molecule has 0 radical (unpaired) electrons. The number of hydrogen-bond donors (Lipinski definition) is 1. The minimum atomic E-state index is 0.0863. The van der Waals surface area contributed by atoms with Crippen LogP contribution in [0.2, 0.25) is 0 Å². The molecule has 1 atom stereocenters. The molecule has 3 heteroatoms. The number of nitrogens with zero attached hydrogens (tertiary/aromatic N) is 2. The van der Waals surface area contributed by atoms with Crippen molar-refractivity contribution < 1.29 is 0 Å². The number of aromatic nitrogens is 2. The average Bonchev–Trinajstić information content (AvgIpc) is 2.78. The maximum Gasteiger partial charge on any atom is 0.111 e. The molecule has 21 heavy (non-hydrogen) atoms. The van der Waals surface area contributed by atoms with Crippen LogP contribution in [0.5, 0.6) is 0 Å². The summed E-state index contributed by atoms with van der Waals surface area (Å²) >= 11 is 0. The number of imidazole rings is 1. The molecular weight excluding hydrogens is 258 g/mol. The van der Waals surface area contributed by atoms with E-state index in [0.29, 0.717) is 0 Å². The lowest BCUT2D eigenvalue weighted by Crippen LogP contribution is -2.26. The molecule has 108 valence electrons.